The lowest BCUT2D eigenvalue weighted by Crippen LogP contribution is -2.51. The standard InChI is InChI=1S/C20H22Cl2FN3O/c1-14(16-11-19(23)18(22)12-17(16)21)24-13-20(27)26-9-7-25(8-10-26)15-5-3-2-4-6-15/h2-6,11-12,14,24H,7-10,13H2,1H3/t14-/m1/s1. The third kappa shape index (κ3) is 4.92. The summed E-state index contributed by atoms with van der Waals surface area (Å²) in [5, 5.41) is 3.50. The molecule has 1 saturated heterocycles. The Labute approximate surface area is 168 Å². The van der Waals surface area contributed by atoms with E-state index >= 15 is 0 Å². The van der Waals surface area contributed by atoms with E-state index in [2.05, 4.69) is 22.3 Å². The van der Waals surface area contributed by atoms with Gasteiger partial charge in [0.2, 0.25) is 5.91 Å². The third-order valence-corrected chi connectivity index (χ3v) is 5.44. The molecule has 2 aromatic rings. The molecule has 2 aromatic carbocycles. The lowest BCUT2D eigenvalue weighted by molar-refractivity contribution is -0.130. The number of anilines is 1. The van der Waals surface area contributed by atoms with Gasteiger partial charge < -0.3 is 15.1 Å². The highest BCUT2D eigenvalue weighted by atomic mass is 35.5. The summed E-state index contributed by atoms with van der Waals surface area (Å²) in [6.07, 6.45) is 0. The summed E-state index contributed by atoms with van der Waals surface area (Å²) in [6.45, 7) is 4.99. The number of halogens is 3. The summed E-state index contributed by atoms with van der Waals surface area (Å²) < 4.78 is 13.7. The highest BCUT2D eigenvalue weighted by Crippen LogP contribution is 2.28. The van der Waals surface area contributed by atoms with Crippen LogP contribution in [0.4, 0.5) is 10.1 Å². The second kappa shape index (κ2) is 8.91. The van der Waals surface area contributed by atoms with Gasteiger partial charge in [-0.3, -0.25) is 4.79 Å². The van der Waals surface area contributed by atoms with Gasteiger partial charge in [0.15, 0.2) is 0 Å². The van der Waals surface area contributed by atoms with Gasteiger partial charge in [-0.15, -0.1) is 0 Å². The molecule has 1 aliphatic heterocycles. The van der Waals surface area contributed by atoms with Crippen molar-refractivity contribution in [3.63, 3.8) is 0 Å². The van der Waals surface area contributed by atoms with Gasteiger partial charge in [0.25, 0.3) is 0 Å². The van der Waals surface area contributed by atoms with Gasteiger partial charge in [0.05, 0.1) is 11.6 Å². The molecular formula is C20H22Cl2FN3O. The fraction of sp³-hybridized carbons (Fsp3) is 0.350. The van der Waals surface area contributed by atoms with E-state index in [1.165, 1.54) is 17.8 Å². The first-order chi connectivity index (χ1) is 13.0. The summed E-state index contributed by atoms with van der Waals surface area (Å²) >= 11 is 11.9. The van der Waals surface area contributed by atoms with Crippen LogP contribution in [-0.2, 0) is 4.79 Å². The lowest BCUT2D eigenvalue weighted by atomic mass is 10.1. The number of nitrogens with one attached hydrogen (secondary N) is 1. The third-order valence-electron chi connectivity index (χ3n) is 4.82. The molecule has 27 heavy (non-hydrogen) atoms. The molecule has 1 aliphatic rings. The van der Waals surface area contributed by atoms with E-state index < -0.39 is 5.82 Å². The summed E-state index contributed by atoms with van der Waals surface area (Å²) in [5.41, 5.74) is 1.76. The van der Waals surface area contributed by atoms with Crippen LogP contribution < -0.4 is 10.2 Å². The molecule has 1 N–H and O–H groups in total. The van der Waals surface area contributed by atoms with Crippen LogP contribution in [0.3, 0.4) is 0 Å². The number of hydrogen-bond donors (Lipinski definition) is 1. The van der Waals surface area contributed by atoms with E-state index in [0.29, 0.717) is 23.7 Å². The molecule has 0 radical (unpaired) electrons. The first-order valence-electron chi connectivity index (χ1n) is 8.91. The van der Waals surface area contributed by atoms with Crippen LogP contribution in [0.25, 0.3) is 0 Å². The Bertz CT molecular complexity index is 795. The monoisotopic (exact) mass is 409 g/mol. The Morgan fingerprint density at radius 1 is 1.11 bits per heavy atom. The van der Waals surface area contributed by atoms with Gasteiger partial charge >= 0.3 is 0 Å². The van der Waals surface area contributed by atoms with Crippen molar-refractivity contribution in [2.45, 2.75) is 13.0 Å². The van der Waals surface area contributed by atoms with E-state index in [1.54, 1.807) is 0 Å². The second-order valence-electron chi connectivity index (χ2n) is 6.59. The Kier molecular flexibility index (Phi) is 6.58. The number of piperazine rings is 1. The smallest absolute Gasteiger partial charge is 0.236 e. The molecule has 0 saturated carbocycles. The fourth-order valence-electron chi connectivity index (χ4n) is 3.18. The molecule has 1 heterocycles. The summed E-state index contributed by atoms with van der Waals surface area (Å²) in [4.78, 5) is 16.6. The van der Waals surface area contributed by atoms with Crippen LogP contribution in [0, 0.1) is 5.82 Å². The number of benzene rings is 2. The van der Waals surface area contributed by atoms with Crippen LogP contribution in [0.15, 0.2) is 42.5 Å². The minimum Gasteiger partial charge on any atom is -0.368 e. The van der Waals surface area contributed by atoms with Gasteiger partial charge in [-0.1, -0.05) is 41.4 Å². The summed E-state index contributed by atoms with van der Waals surface area (Å²) in [6, 6.07) is 12.6. The minimum atomic E-state index is -0.520. The lowest BCUT2D eigenvalue weighted by Gasteiger charge is -2.36. The maximum absolute atomic E-state index is 13.7. The van der Waals surface area contributed by atoms with E-state index in [0.717, 1.165) is 13.1 Å². The van der Waals surface area contributed by atoms with Gasteiger partial charge in [-0.25, -0.2) is 4.39 Å². The van der Waals surface area contributed by atoms with Crippen molar-refractivity contribution in [2.24, 2.45) is 0 Å². The van der Waals surface area contributed by atoms with Gasteiger partial charge in [0, 0.05) is 42.9 Å². The molecule has 0 unspecified atom stereocenters. The van der Waals surface area contributed by atoms with Gasteiger partial charge in [-0.05, 0) is 36.8 Å². The predicted molar refractivity (Wildman–Crippen MR) is 108 cm³/mol. The second-order valence-corrected chi connectivity index (χ2v) is 7.41. The Morgan fingerprint density at radius 3 is 2.44 bits per heavy atom. The quantitative estimate of drug-likeness (QED) is 0.753. The highest BCUT2D eigenvalue weighted by Gasteiger charge is 2.22. The maximum Gasteiger partial charge on any atom is 0.236 e. The zero-order valence-electron chi connectivity index (χ0n) is 15.1. The number of para-hydroxylation sites is 1. The summed E-state index contributed by atoms with van der Waals surface area (Å²) in [5.74, 6) is -0.492. The van der Waals surface area contributed by atoms with Crippen molar-refractivity contribution < 1.29 is 9.18 Å². The molecule has 1 fully saturated rings. The zero-order chi connectivity index (χ0) is 19.4. The maximum atomic E-state index is 13.7. The van der Waals surface area contributed by atoms with Crippen molar-refractivity contribution in [3.05, 3.63) is 63.9 Å². The summed E-state index contributed by atoms with van der Waals surface area (Å²) in [7, 11) is 0. The molecule has 0 aliphatic carbocycles. The SMILES string of the molecule is C[C@@H](NCC(=O)N1CCN(c2ccccc2)CC1)c1cc(F)c(Cl)cc1Cl. The molecule has 0 spiro atoms. The first-order valence-corrected chi connectivity index (χ1v) is 9.67. The fourth-order valence-corrected chi connectivity index (χ4v) is 3.73. The van der Waals surface area contributed by atoms with E-state index in [9.17, 15) is 9.18 Å². The van der Waals surface area contributed by atoms with Gasteiger partial charge in [-0.2, -0.15) is 0 Å². The number of carbonyl (C=O) groups is 1. The van der Waals surface area contributed by atoms with Crippen molar-refractivity contribution in [3.8, 4) is 0 Å². The molecule has 4 nitrogen and oxygen atoms in total. The van der Waals surface area contributed by atoms with Crippen LogP contribution in [0.2, 0.25) is 10.0 Å². The zero-order valence-corrected chi connectivity index (χ0v) is 16.6. The molecule has 3 rings (SSSR count). The molecule has 0 bridgehead atoms. The topological polar surface area (TPSA) is 35.6 Å². The molecule has 144 valence electrons. The van der Waals surface area contributed by atoms with Gasteiger partial charge in [0.1, 0.15) is 5.82 Å². The van der Waals surface area contributed by atoms with E-state index in [4.69, 9.17) is 23.2 Å². The number of carbonyl (C=O) groups excluding carboxylic acids is 1. The van der Waals surface area contributed by atoms with Crippen LogP contribution in [-0.4, -0.2) is 43.5 Å². The minimum absolute atomic E-state index is 0.0108. The molecule has 7 heteroatoms. The normalized spacial score (nSPS) is 15.7. The average Bonchev–Trinajstić information content (AvgIpc) is 2.69. The predicted octanol–water partition coefficient (Wildman–Crippen LogP) is 4.13. The van der Waals surface area contributed by atoms with Crippen molar-refractivity contribution >= 4 is 34.8 Å². The number of rotatable bonds is 5. The Balaban J connectivity index is 1.51. The van der Waals surface area contributed by atoms with E-state index in [-0.39, 0.29) is 23.5 Å². The van der Waals surface area contributed by atoms with Crippen LogP contribution in [0.5, 0.6) is 0 Å². The number of nitrogens with zero attached hydrogens (tertiary/aromatic N) is 2. The molecule has 0 aromatic heterocycles. The molecule has 1 amide bonds. The van der Waals surface area contributed by atoms with Crippen molar-refractivity contribution in [1.29, 1.82) is 0 Å². The van der Waals surface area contributed by atoms with Crippen molar-refractivity contribution in [2.75, 3.05) is 37.6 Å². The average molecular weight is 410 g/mol. The van der Waals surface area contributed by atoms with Crippen LogP contribution >= 0.6 is 23.2 Å². The number of amides is 1. The van der Waals surface area contributed by atoms with E-state index in [1.807, 2.05) is 30.0 Å². The Hall–Kier alpha value is -1.82. The molecule has 1 atom stereocenters. The largest absolute Gasteiger partial charge is 0.368 e. The Morgan fingerprint density at radius 2 is 1.78 bits per heavy atom. The van der Waals surface area contributed by atoms with Crippen LogP contribution in [0.1, 0.15) is 18.5 Å². The van der Waals surface area contributed by atoms with Crippen molar-refractivity contribution in [1.82, 2.24) is 10.2 Å². The number of hydrogen-bond acceptors (Lipinski definition) is 3. The highest BCUT2D eigenvalue weighted by molar-refractivity contribution is 6.35. The molecular weight excluding hydrogens is 388 g/mol. The first kappa shape index (κ1) is 19.9.